The summed E-state index contributed by atoms with van der Waals surface area (Å²) >= 11 is 5.74. The highest BCUT2D eigenvalue weighted by Gasteiger charge is 2.16. The molecule has 0 spiro atoms. The Morgan fingerprint density at radius 3 is 2.93 bits per heavy atom. The Kier molecular flexibility index (Phi) is 3.64. The van der Waals surface area contributed by atoms with Crippen LogP contribution in [-0.2, 0) is 4.74 Å². The monoisotopic (exact) mass is 224 g/mol. The van der Waals surface area contributed by atoms with Gasteiger partial charge in [0.25, 0.3) is 0 Å². The van der Waals surface area contributed by atoms with Crippen molar-refractivity contribution in [2.75, 3.05) is 6.61 Å². The van der Waals surface area contributed by atoms with Crippen molar-refractivity contribution >= 4 is 17.6 Å². The number of nitrogens with zero attached hydrogens (tertiary/aromatic N) is 2. The molecule has 0 unspecified atom stereocenters. The van der Waals surface area contributed by atoms with Crippen molar-refractivity contribution in [2.45, 2.75) is 13.8 Å². The number of aromatic nitrogens is 1. The standard InChI is InChI=1S/C10H9ClN2O2/c1-3-15-10(14)7-4-6(2)13-9(11)8(7)5-12/h4H,3H2,1-2H3. The van der Waals surface area contributed by atoms with Crippen molar-refractivity contribution in [2.24, 2.45) is 0 Å². The second-order valence-corrected chi connectivity index (χ2v) is 3.17. The van der Waals surface area contributed by atoms with Gasteiger partial charge in [0.05, 0.1) is 12.2 Å². The van der Waals surface area contributed by atoms with Gasteiger partial charge < -0.3 is 4.74 Å². The maximum atomic E-state index is 11.5. The molecule has 0 aliphatic rings. The molecule has 0 fully saturated rings. The Balaban J connectivity index is 3.28. The third kappa shape index (κ3) is 2.45. The number of esters is 1. The summed E-state index contributed by atoms with van der Waals surface area (Å²) < 4.78 is 4.80. The second kappa shape index (κ2) is 4.76. The lowest BCUT2D eigenvalue weighted by atomic mass is 10.1. The number of ether oxygens (including phenoxy) is 1. The van der Waals surface area contributed by atoms with Crippen LogP contribution >= 0.6 is 11.6 Å². The van der Waals surface area contributed by atoms with E-state index in [1.807, 2.05) is 6.07 Å². The minimum atomic E-state index is -0.554. The van der Waals surface area contributed by atoms with Crippen LogP contribution in [0.2, 0.25) is 5.15 Å². The average molecular weight is 225 g/mol. The van der Waals surface area contributed by atoms with Crippen molar-refractivity contribution in [3.63, 3.8) is 0 Å². The molecule has 0 saturated heterocycles. The molecule has 15 heavy (non-hydrogen) atoms. The zero-order chi connectivity index (χ0) is 11.4. The molecule has 0 aromatic carbocycles. The van der Waals surface area contributed by atoms with Crippen LogP contribution in [0.15, 0.2) is 6.07 Å². The quantitative estimate of drug-likeness (QED) is 0.570. The van der Waals surface area contributed by atoms with Gasteiger partial charge in [-0.25, -0.2) is 9.78 Å². The maximum Gasteiger partial charge on any atom is 0.339 e. The SMILES string of the molecule is CCOC(=O)c1cc(C)nc(Cl)c1C#N. The molecule has 0 amide bonds. The highest BCUT2D eigenvalue weighted by Crippen LogP contribution is 2.19. The first kappa shape index (κ1) is 11.5. The van der Waals surface area contributed by atoms with E-state index in [1.54, 1.807) is 13.8 Å². The van der Waals surface area contributed by atoms with Crippen LogP contribution in [0.1, 0.15) is 28.5 Å². The minimum absolute atomic E-state index is 0.0283. The summed E-state index contributed by atoms with van der Waals surface area (Å²) in [5.41, 5.74) is 0.791. The first-order chi connectivity index (χ1) is 7.10. The Labute approximate surface area is 92.4 Å². The fourth-order valence-corrected chi connectivity index (χ4v) is 1.39. The Morgan fingerprint density at radius 2 is 2.40 bits per heavy atom. The van der Waals surface area contributed by atoms with Crippen LogP contribution in [0.4, 0.5) is 0 Å². The van der Waals surface area contributed by atoms with Crippen molar-refractivity contribution in [3.8, 4) is 6.07 Å². The van der Waals surface area contributed by atoms with Gasteiger partial charge in [-0.3, -0.25) is 0 Å². The number of hydrogen-bond donors (Lipinski definition) is 0. The number of hydrogen-bond acceptors (Lipinski definition) is 4. The molecule has 0 bridgehead atoms. The van der Waals surface area contributed by atoms with Crippen LogP contribution < -0.4 is 0 Å². The molecule has 0 atom stereocenters. The van der Waals surface area contributed by atoms with Gasteiger partial charge in [0.2, 0.25) is 0 Å². The van der Waals surface area contributed by atoms with Crippen molar-refractivity contribution in [1.82, 2.24) is 4.98 Å². The Morgan fingerprint density at radius 1 is 1.73 bits per heavy atom. The molecular formula is C10H9ClN2O2. The first-order valence-corrected chi connectivity index (χ1v) is 4.72. The summed E-state index contributed by atoms with van der Waals surface area (Å²) in [4.78, 5) is 15.4. The van der Waals surface area contributed by atoms with Crippen LogP contribution in [0.5, 0.6) is 0 Å². The van der Waals surface area contributed by atoms with E-state index in [9.17, 15) is 4.79 Å². The van der Waals surface area contributed by atoms with E-state index in [2.05, 4.69) is 4.98 Å². The van der Waals surface area contributed by atoms with Crippen molar-refractivity contribution in [3.05, 3.63) is 28.0 Å². The molecule has 0 N–H and O–H groups in total. The van der Waals surface area contributed by atoms with E-state index in [0.717, 1.165) is 0 Å². The summed E-state index contributed by atoms with van der Waals surface area (Å²) in [7, 11) is 0. The number of rotatable bonds is 2. The van der Waals surface area contributed by atoms with Gasteiger partial charge in [0, 0.05) is 5.69 Å². The zero-order valence-corrected chi connectivity index (χ0v) is 9.13. The lowest BCUT2D eigenvalue weighted by molar-refractivity contribution is 0.0525. The van der Waals surface area contributed by atoms with Gasteiger partial charge in [0.1, 0.15) is 16.8 Å². The van der Waals surface area contributed by atoms with E-state index in [4.69, 9.17) is 21.6 Å². The number of pyridine rings is 1. The molecule has 78 valence electrons. The van der Waals surface area contributed by atoms with E-state index in [-0.39, 0.29) is 22.9 Å². The van der Waals surface area contributed by atoms with Crippen LogP contribution in [0, 0.1) is 18.3 Å². The van der Waals surface area contributed by atoms with Gasteiger partial charge >= 0.3 is 5.97 Å². The lowest BCUT2D eigenvalue weighted by Gasteiger charge is -2.05. The zero-order valence-electron chi connectivity index (χ0n) is 8.37. The Bertz CT molecular complexity index is 438. The molecule has 1 rings (SSSR count). The summed E-state index contributed by atoms with van der Waals surface area (Å²) in [5, 5.41) is 8.85. The molecule has 0 aliphatic carbocycles. The molecule has 1 heterocycles. The highest BCUT2D eigenvalue weighted by molar-refractivity contribution is 6.31. The molecule has 0 saturated carbocycles. The minimum Gasteiger partial charge on any atom is -0.462 e. The maximum absolute atomic E-state index is 11.5. The number of nitriles is 1. The van der Waals surface area contributed by atoms with Crippen molar-refractivity contribution in [1.29, 1.82) is 5.26 Å². The summed E-state index contributed by atoms with van der Waals surface area (Å²) in [5.74, 6) is -0.554. The van der Waals surface area contributed by atoms with Crippen LogP contribution in [0.25, 0.3) is 0 Å². The number of halogens is 1. The predicted molar refractivity (Wildman–Crippen MR) is 54.7 cm³/mol. The van der Waals surface area contributed by atoms with Crippen LogP contribution in [0.3, 0.4) is 0 Å². The fourth-order valence-electron chi connectivity index (χ4n) is 1.11. The topological polar surface area (TPSA) is 63.0 Å². The summed E-state index contributed by atoms with van der Waals surface area (Å²) in [6.07, 6.45) is 0. The van der Waals surface area contributed by atoms with Gasteiger partial charge in [-0.1, -0.05) is 11.6 Å². The van der Waals surface area contributed by atoms with E-state index < -0.39 is 5.97 Å². The molecule has 4 nitrogen and oxygen atoms in total. The second-order valence-electron chi connectivity index (χ2n) is 2.81. The normalized spacial score (nSPS) is 9.47. The third-order valence-corrected chi connectivity index (χ3v) is 1.98. The molecular weight excluding hydrogens is 216 g/mol. The third-order valence-electron chi connectivity index (χ3n) is 1.71. The molecule has 0 radical (unpaired) electrons. The van der Waals surface area contributed by atoms with Gasteiger partial charge in [-0.05, 0) is 19.9 Å². The molecule has 0 aliphatic heterocycles. The smallest absolute Gasteiger partial charge is 0.339 e. The summed E-state index contributed by atoms with van der Waals surface area (Å²) in [6, 6.07) is 3.32. The van der Waals surface area contributed by atoms with Crippen LogP contribution in [-0.4, -0.2) is 17.6 Å². The number of carbonyl (C=O) groups excluding carboxylic acids is 1. The predicted octanol–water partition coefficient (Wildman–Crippen LogP) is 2.09. The lowest BCUT2D eigenvalue weighted by Crippen LogP contribution is -2.08. The van der Waals surface area contributed by atoms with Gasteiger partial charge in [-0.2, -0.15) is 5.26 Å². The fraction of sp³-hybridized carbons (Fsp3) is 0.300. The van der Waals surface area contributed by atoms with E-state index in [0.29, 0.717) is 5.69 Å². The highest BCUT2D eigenvalue weighted by atomic mass is 35.5. The summed E-state index contributed by atoms with van der Waals surface area (Å²) in [6.45, 7) is 3.64. The van der Waals surface area contributed by atoms with Gasteiger partial charge in [0.15, 0.2) is 0 Å². The largest absolute Gasteiger partial charge is 0.462 e. The number of carbonyl (C=O) groups is 1. The molecule has 1 aromatic rings. The first-order valence-electron chi connectivity index (χ1n) is 4.34. The number of aryl methyl sites for hydroxylation is 1. The molecule has 5 heteroatoms. The van der Waals surface area contributed by atoms with E-state index >= 15 is 0 Å². The van der Waals surface area contributed by atoms with Gasteiger partial charge in [-0.15, -0.1) is 0 Å². The van der Waals surface area contributed by atoms with E-state index in [1.165, 1.54) is 6.07 Å². The Hall–Kier alpha value is -1.60. The molecule has 1 aromatic heterocycles. The van der Waals surface area contributed by atoms with Crippen molar-refractivity contribution < 1.29 is 9.53 Å². The average Bonchev–Trinajstić information content (AvgIpc) is 2.17.